The molecule has 2 aromatic rings. The van der Waals surface area contributed by atoms with Crippen LogP contribution in [0.3, 0.4) is 0 Å². The van der Waals surface area contributed by atoms with Crippen LogP contribution in [0, 0.1) is 11.6 Å². The van der Waals surface area contributed by atoms with Crippen molar-refractivity contribution in [2.24, 2.45) is 0 Å². The van der Waals surface area contributed by atoms with Crippen molar-refractivity contribution in [3.8, 4) is 0 Å². The molecule has 20 heavy (non-hydrogen) atoms. The van der Waals surface area contributed by atoms with Gasteiger partial charge in [-0.25, -0.2) is 8.78 Å². The Morgan fingerprint density at radius 2 is 1.80 bits per heavy atom. The highest BCUT2D eigenvalue weighted by molar-refractivity contribution is 6.17. The van der Waals surface area contributed by atoms with Crippen LogP contribution in [0.15, 0.2) is 42.5 Å². The molecule has 0 bridgehead atoms. The van der Waals surface area contributed by atoms with Crippen LogP contribution in [0.25, 0.3) is 0 Å². The number of hydrogen-bond donors (Lipinski definition) is 1. The summed E-state index contributed by atoms with van der Waals surface area (Å²) in [7, 11) is 0. The van der Waals surface area contributed by atoms with Crippen LogP contribution < -0.4 is 5.32 Å². The van der Waals surface area contributed by atoms with Gasteiger partial charge in [-0.2, -0.15) is 0 Å². The van der Waals surface area contributed by atoms with Gasteiger partial charge in [0, 0.05) is 17.1 Å². The van der Waals surface area contributed by atoms with Gasteiger partial charge < -0.3 is 5.32 Å². The van der Waals surface area contributed by atoms with Gasteiger partial charge in [0.25, 0.3) is 0 Å². The van der Waals surface area contributed by atoms with Crippen molar-refractivity contribution in [1.82, 2.24) is 0 Å². The molecule has 0 aliphatic carbocycles. The third-order valence-corrected chi connectivity index (χ3v) is 3.08. The molecule has 0 saturated carbocycles. The molecule has 0 aliphatic rings. The lowest BCUT2D eigenvalue weighted by Crippen LogP contribution is -2.15. The predicted molar refractivity (Wildman–Crippen MR) is 74.7 cm³/mol. The maximum atomic E-state index is 13.4. The molecular formula is C15H12ClF2NO. The van der Waals surface area contributed by atoms with Crippen molar-refractivity contribution < 1.29 is 13.6 Å². The summed E-state index contributed by atoms with van der Waals surface area (Å²) in [5.74, 6) is -1.96. The normalized spacial score (nSPS) is 10.3. The zero-order valence-electron chi connectivity index (χ0n) is 10.5. The van der Waals surface area contributed by atoms with Crippen molar-refractivity contribution in [1.29, 1.82) is 0 Å². The van der Waals surface area contributed by atoms with Crippen LogP contribution in [0.2, 0.25) is 0 Å². The van der Waals surface area contributed by atoms with E-state index in [4.69, 9.17) is 11.6 Å². The fourth-order valence-corrected chi connectivity index (χ4v) is 1.92. The monoisotopic (exact) mass is 295 g/mol. The Kier molecular flexibility index (Phi) is 4.69. The van der Waals surface area contributed by atoms with Crippen LogP contribution in [0.5, 0.6) is 0 Å². The van der Waals surface area contributed by atoms with Gasteiger partial charge in [-0.3, -0.25) is 4.79 Å². The van der Waals surface area contributed by atoms with Crippen molar-refractivity contribution in [3.63, 3.8) is 0 Å². The molecule has 0 heterocycles. The van der Waals surface area contributed by atoms with E-state index in [0.29, 0.717) is 11.6 Å². The lowest BCUT2D eigenvalue weighted by molar-refractivity contribution is -0.115. The Morgan fingerprint density at radius 1 is 1.10 bits per heavy atom. The zero-order chi connectivity index (χ0) is 14.5. The van der Waals surface area contributed by atoms with Gasteiger partial charge in [-0.15, -0.1) is 11.6 Å². The zero-order valence-corrected chi connectivity index (χ0v) is 11.3. The lowest BCUT2D eigenvalue weighted by atomic mass is 10.1. The van der Waals surface area contributed by atoms with Gasteiger partial charge in [0.05, 0.1) is 6.42 Å². The van der Waals surface area contributed by atoms with Crippen LogP contribution in [-0.4, -0.2) is 5.91 Å². The highest BCUT2D eigenvalue weighted by Gasteiger charge is 2.11. The summed E-state index contributed by atoms with van der Waals surface area (Å²) in [4.78, 5) is 11.8. The van der Waals surface area contributed by atoms with Crippen molar-refractivity contribution in [2.45, 2.75) is 12.3 Å². The molecule has 1 N–H and O–H groups in total. The number of nitrogens with one attached hydrogen (secondary N) is 1. The minimum absolute atomic E-state index is 0.0277. The number of benzene rings is 2. The number of hydrogen-bond acceptors (Lipinski definition) is 1. The summed E-state index contributed by atoms with van der Waals surface area (Å²) in [5, 5.41) is 2.62. The Hall–Kier alpha value is -1.94. The summed E-state index contributed by atoms with van der Waals surface area (Å²) < 4.78 is 26.5. The van der Waals surface area contributed by atoms with Crippen LogP contribution in [0.4, 0.5) is 14.5 Å². The molecule has 2 aromatic carbocycles. The number of rotatable bonds is 4. The number of carbonyl (C=O) groups is 1. The first-order valence-corrected chi connectivity index (χ1v) is 6.51. The SMILES string of the molecule is O=C(Cc1cccc(F)c1F)Nc1ccc(CCl)cc1. The second-order valence-corrected chi connectivity index (χ2v) is 4.54. The van der Waals surface area contributed by atoms with E-state index < -0.39 is 17.5 Å². The molecule has 1 amide bonds. The number of alkyl halides is 1. The van der Waals surface area contributed by atoms with Gasteiger partial charge in [0.15, 0.2) is 11.6 Å². The van der Waals surface area contributed by atoms with E-state index in [1.54, 1.807) is 24.3 Å². The molecule has 0 aromatic heterocycles. The quantitative estimate of drug-likeness (QED) is 0.852. The second-order valence-electron chi connectivity index (χ2n) is 4.27. The molecule has 0 fully saturated rings. The fourth-order valence-electron chi connectivity index (χ4n) is 1.74. The molecule has 2 rings (SSSR count). The largest absolute Gasteiger partial charge is 0.326 e. The highest BCUT2D eigenvalue weighted by Crippen LogP contribution is 2.14. The minimum atomic E-state index is -0.986. The van der Waals surface area contributed by atoms with Crippen molar-refractivity contribution in [3.05, 3.63) is 65.2 Å². The maximum absolute atomic E-state index is 13.4. The predicted octanol–water partition coefficient (Wildman–Crippen LogP) is 3.88. The molecule has 0 spiro atoms. The first kappa shape index (κ1) is 14.5. The minimum Gasteiger partial charge on any atom is -0.326 e. The molecule has 104 valence electrons. The number of amides is 1. The molecule has 0 aliphatic heterocycles. The third-order valence-electron chi connectivity index (χ3n) is 2.77. The van der Waals surface area contributed by atoms with Crippen LogP contribution in [-0.2, 0) is 17.1 Å². The third kappa shape index (κ3) is 3.54. The molecule has 0 saturated heterocycles. The van der Waals surface area contributed by atoms with E-state index in [9.17, 15) is 13.6 Å². The van der Waals surface area contributed by atoms with Crippen LogP contribution in [0.1, 0.15) is 11.1 Å². The van der Waals surface area contributed by atoms with Crippen molar-refractivity contribution in [2.75, 3.05) is 5.32 Å². The molecule has 0 unspecified atom stereocenters. The fraction of sp³-hybridized carbons (Fsp3) is 0.133. The van der Waals surface area contributed by atoms with E-state index in [1.807, 2.05) is 0 Å². The summed E-state index contributed by atoms with van der Waals surface area (Å²) in [6.07, 6.45) is -0.221. The topological polar surface area (TPSA) is 29.1 Å². The lowest BCUT2D eigenvalue weighted by Gasteiger charge is -2.07. The van der Waals surface area contributed by atoms with E-state index in [1.165, 1.54) is 12.1 Å². The molecule has 5 heteroatoms. The Morgan fingerprint density at radius 3 is 2.45 bits per heavy atom. The van der Waals surface area contributed by atoms with Gasteiger partial charge in [-0.05, 0) is 23.8 Å². The van der Waals surface area contributed by atoms with Crippen LogP contribution >= 0.6 is 11.6 Å². The van der Waals surface area contributed by atoms with E-state index in [-0.39, 0.29) is 12.0 Å². The molecule has 2 nitrogen and oxygen atoms in total. The first-order chi connectivity index (χ1) is 9.60. The summed E-state index contributed by atoms with van der Waals surface area (Å²) in [6, 6.07) is 10.7. The van der Waals surface area contributed by atoms with Crippen molar-refractivity contribution >= 4 is 23.2 Å². The second kappa shape index (κ2) is 6.48. The summed E-state index contributed by atoms with van der Waals surface area (Å²) in [5.41, 5.74) is 1.54. The number of carbonyl (C=O) groups excluding carboxylic acids is 1. The van der Waals surface area contributed by atoms with Gasteiger partial charge in [0.2, 0.25) is 5.91 Å². The van der Waals surface area contributed by atoms with Gasteiger partial charge in [-0.1, -0.05) is 24.3 Å². The van der Waals surface area contributed by atoms with E-state index >= 15 is 0 Å². The van der Waals surface area contributed by atoms with Gasteiger partial charge in [0.1, 0.15) is 0 Å². The van der Waals surface area contributed by atoms with E-state index in [0.717, 1.165) is 11.6 Å². The Labute approximate surface area is 120 Å². The smallest absolute Gasteiger partial charge is 0.228 e. The number of anilines is 1. The molecular weight excluding hydrogens is 284 g/mol. The van der Waals surface area contributed by atoms with E-state index in [2.05, 4.69) is 5.32 Å². The van der Waals surface area contributed by atoms with Gasteiger partial charge >= 0.3 is 0 Å². The Bertz CT molecular complexity index is 614. The first-order valence-electron chi connectivity index (χ1n) is 5.98. The standard InChI is InChI=1S/C15H12ClF2NO/c16-9-10-4-6-12(7-5-10)19-14(20)8-11-2-1-3-13(17)15(11)18/h1-7H,8-9H2,(H,19,20). The maximum Gasteiger partial charge on any atom is 0.228 e. The number of halogens is 3. The molecule has 0 radical (unpaired) electrons. The summed E-state index contributed by atoms with van der Waals surface area (Å²) in [6.45, 7) is 0. The Balaban J connectivity index is 2.03. The summed E-state index contributed by atoms with van der Waals surface area (Å²) >= 11 is 5.66. The average molecular weight is 296 g/mol. The molecule has 0 atom stereocenters. The highest BCUT2D eigenvalue weighted by atomic mass is 35.5. The average Bonchev–Trinajstić information content (AvgIpc) is 2.45.